The minimum atomic E-state index is -0.0536. The maximum atomic E-state index is 13.0. The van der Waals surface area contributed by atoms with Gasteiger partial charge in [-0.25, -0.2) is 0 Å². The third-order valence-corrected chi connectivity index (χ3v) is 6.76. The smallest absolute Gasteiger partial charge is 0.282 e. The minimum Gasteiger partial charge on any atom is -0.321 e. The highest BCUT2D eigenvalue weighted by atomic mass is 32.1. The van der Waals surface area contributed by atoms with E-state index in [0.29, 0.717) is 0 Å². The number of carbonyl (C=O) groups is 1. The number of para-hydroxylation sites is 1. The molecule has 0 unspecified atom stereocenters. The second-order valence-electron chi connectivity index (χ2n) is 7.79. The third-order valence-electron chi connectivity index (χ3n) is 5.88. The Labute approximate surface area is 176 Å². The lowest BCUT2D eigenvalue weighted by Gasteiger charge is -2.32. The van der Waals surface area contributed by atoms with E-state index in [9.17, 15) is 4.79 Å². The molecule has 1 atom stereocenters. The van der Waals surface area contributed by atoms with Gasteiger partial charge in [-0.3, -0.25) is 4.79 Å². The second-order valence-corrected chi connectivity index (χ2v) is 8.82. The summed E-state index contributed by atoms with van der Waals surface area (Å²) in [4.78, 5) is 17.5. The van der Waals surface area contributed by atoms with Crippen LogP contribution < -0.4 is 15.1 Å². The molecule has 0 spiro atoms. The summed E-state index contributed by atoms with van der Waals surface area (Å²) in [6.45, 7) is 7.47. The minimum absolute atomic E-state index is 0.0536. The second kappa shape index (κ2) is 9.35. The number of amides is 1. The van der Waals surface area contributed by atoms with Gasteiger partial charge in [-0.1, -0.05) is 54.6 Å². The number of rotatable bonds is 6. The molecule has 1 saturated heterocycles. The van der Waals surface area contributed by atoms with Gasteiger partial charge in [0.1, 0.15) is 32.7 Å². The number of piperazine rings is 1. The summed E-state index contributed by atoms with van der Waals surface area (Å²) in [5.41, 5.74) is 3.07. The number of carbonyl (C=O) groups excluding carboxylic acids is 1. The molecule has 1 amide bonds. The standard InChI is InChI=1S/C24H27N3OS/c1-19(27-15-13-26(14-16-27)18-21-10-7-17-29-21)24(28)25-23-12-6-5-11-22(23)20-8-3-2-4-9-20/h2-12,17,19H,13-16,18H2,1H3,(H,25,28)/p+2/t19-/m1/s1. The van der Waals surface area contributed by atoms with Crippen LogP contribution in [0.25, 0.3) is 11.1 Å². The first-order valence-corrected chi connectivity index (χ1v) is 11.2. The summed E-state index contributed by atoms with van der Waals surface area (Å²) in [6.07, 6.45) is 0. The molecule has 4 nitrogen and oxygen atoms in total. The predicted octanol–water partition coefficient (Wildman–Crippen LogP) is 1.73. The van der Waals surface area contributed by atoms with Gasteiger partial charge in [0.25, 0.3) is 5.91 Å². The zero-order chi connectivity index (χ0) is 20.1. The fourth-order valence-corrected chi connectivity index (χ4v) is 4.86. The molecule has 4 rings (SSSR count). The summed E-state index contributed by atoms with van der Waals surface area (Å²) < 4.78 is 0. The average molecular weight is 408 g/mol. The molecule has 29 heavy (non-hydrogen) atoms. The topological polar surface area (TPSA) is 38.0 Å². The molecule has 5 heteroatoms. The molecule has 1 aliphatic rings. The molecule has 0 bridgehead atoms. The molecule has 1 aromatic heterocycles. The summed E-state index contributed by atoms with van der Waals surface area (Å²) in [7, 11) is 0. The lowest BCUT2D eigenvalue weighted by molar-refractivity contribution is -1.02. The fraction of sp³-hybridized carbons (Fsp3) is 0.292. The molecule has 150 valence electrons. The molecule has 1 fully saturated rings. The average Bonchev–Trinajstić information content (AvgIpc) is 3.28. The first-order valence-electron chi connectivity index (χ1n) is 10.4. The van der Waals surface area contributed by atoms with Crippen molar-refractivity contribution >= 4 is 22.9 Å². The highest BCUT2D eigenvalue weighted by Crippen LogP contribution is 2.27. The Kier molecular flexibility index (Phi) is 6.39. The summed E-state index contributed by atoms with van der Waals surface area (Å²) in [5.74, 6) is 0.102. The molecule has 0 radical (unpaired) electrons. The Morgan fingerprint density at radius 2 is 1.69 bits per heavy atom. The van der Waals surface area contributed by atoms with Crippen LogP contribution in [0.5, 0.6) is 0 Å². The SMILES string of the molecule is C[C@H](C(=O)Nc1ccccc1-c1ccccc1)[NH+]1CC[NH+](Cc2cccs2)CC1. The quantitative estimate of drug-likeness (QED) is 0.572. The molecular weight excluding hydrogens is 378 g/mol. The van der Waals surface area contributed by atoms with Crippen molar-refractivity contribution in [1.29, 1.82) is 0 Å². The van der Waals surface area contributed by atoms with Gasteiger partial charge in [0.15, 0.2) is 6.04 Å². The molecule has 3 N–H and O–H groups in total. The van der Waals surface area contributed by atoms with Gasteiger partial charge >= 0.3 is 0 Å². The maximum absolute atomic E-state index is 13.0. The van der Waals surface area contributed by atoms with Crippen molar-refractivity contribution in [1.82, 2.24) is 0 Å². The van der Waals surface area contributed by atoms with E-state index in [-0.39, 0.29) is 11.9 Å². The Bertz CT molecular complexity index is 918. The number of anilines is 1. The normalized spacial score (nSPS) is 20.2. The van der Waals surface area contributed by atoms with E-state index in [4.69, 9.17) is 0 Å². The van der Waals surface area contributed by atoms with Gasteiger partial charge in [-0.05, 0) is 30.0 Å². The van der Waals surface area contributed by atoms with Gasteiger partial charge in [-0.15, -0.1) is 11.3 Å². The van der Waals surface area contributed by atoms with Crippen LogP contribution in [-0.4, -0.2) is 38.1 Å². The van der Waals surface area contributed by atoms with Gasteiger partial charge in [0, 0.05) is 11.3 Å². The first kappa shape index (κ1) is 19.8. The van der Waals surface area contributed by atoms with Crippen molar-refractivity contribution in [2.24, 2.45) is 0 Å². The molecule has 0 saturated carbocycles. The lowest BCUT2D eigenvalue weighted by Crippen LogP contribution is -3.29. The van der Waals surface area contributed by atoms with E-state index in [1.165, 1.54) is 9.78 Å². The van der Waals surface area contributed by atoms with Crippen LogP contribution in [0.3, 0.4) is 0 Å². The fourth-order valence-electron chi connectivity index (χ4n) is 4.08. The monoisotopic (exact) mass is 407 g/mol. The number of hydrogen-bond donors (Lipinski definition) is 3. The van der Waals surface area contributed by atoms with Crippen LogP contribution in [0.2, 0.25) is 0 Å². The van der Waals surface area contributed by atoms with E-state index in [1.807, 2.05) is 47.7 Å². The third kappa shape index (κ3) is 4.93. The lowest BCUT2D eigenvalue weighted by atomic mass is 10.0. The van der Waals surface area contributed by atoms with Crippen LogP contribution >= 0.6 is 11.3 Å². The summed E-state index contributed by atoms with van der Waals surface area (Å²) >= 11 is 1.84. The molecule has 0 aliphatic carbocycles. The zero-order valence-corrected chi connectivity index (χ0v) is 17.7. The number of nitrogens with one attached hydrogen (secondary N) is 3. The molecule has 2 aromatic carbocycles. The number of quaternary nitrogens is 2. The maximum Gasteiger partial charge on any atom is 0.282 e. The number of thiophene rings is 1. The number of benzene rings is 2. The van der Waals surface area contributed by atoms with Crippen molar-refractivity contribution in [2.75, 3.05) is 31.5 Å². The van der Waals surface area contributed by atoms with E-state index >= 15 is 0 Å². The van der Waals surface area contributed by atoms with Crippen LogP contribution in [0.4, 0.5) is 5.69 Å². The molecule has 3 aromatic rings. The van der Waals surface area contributed by atoms with E-state index < -0.39 is 0 Å². The predicted molar refractivity (Wildman–Crippen MR) is 119 cm³/mol. The van der Waals surface area contributed by atoms with Crippen LogP contribution in [0, 0.1) is 0 Å². The summed E-state index contributed by atoms with van der Waals surface area (Å²) in [6, 6.07) is 22.6. The van der Waals surface area contributed by atoms with Gasteiger partial charge in [0.2, 0.25) is 0 Å². The van der Waals surface area contributed by atoms with Crippen LogP contribution in [-0.2, 0) is 11.3 Å². The molecular formula is C24H29N3OS+2. The highest BCUT2D eigenvalue weighted by Gasteiger charge is 2.31. The van der Waals surface area contributed by atoms with Crippen molar-refractivity contribution < 1.29 is 14.6 Å². The van der Waals surface area contributed by atoms with E-state index in [2.05, 4.69) is 48.0 Å². The Hall–Kier alpha value is -2.47. The first-order chi connectivity index (χ1) is 14.2. The van der Waals surface area contributed by atoms with Crippen LogP contribution in [0.1, 0.15) is 11.8 Å². The highest BCUT2D eigenvalue weighted by molar-refractivity contribution is 7.09. The van der Waals surface area contributed by atoms with E-state index in [0.717, 1.165) is 49.5 Å². The molecule has 1 aliphatic heterocycles. The van der Waals surface area contributed by atoms with Gasteiger partial charge in [-0.2, -0.15) is 0 Å². The van der Waals surface area contributed by atoms with Crippen molar-refractivity contribution in [3.63, 3.8) is 0 Å². The van der Waals surface area contributed by atoms with E-state index in [1.54, 1.807) is 4.90 Å². The Balaban J connectivity index is 1.36. The van der Waals surface area contributed by atoms with Crippen LogP contribution in [0.15, 0.2) is 72.1 Å². The van der Waals surface area contributed by atoms with Crippen molar-refractivity contribution in [3.8, 4) is 11.1 Å². The van der Waals surface area contributed by atoms with Gasteiger partial charge < -0.3 is 15.1 Å². The van der Waals surface area contributed by atoms with Crippen molar-refractivity contribution in [3.05, 3.63) is 77.0 Å². The number of hydrogen-bond acceptors (Lipinski definition) is 2. The zero-order valence-electron chi connectivity index (χ0n) is 16.9. The largest absolute Gasteiger partial charge is 0.321 e. The summed E-state index contributed by atoms with van der Waals surface area (Å²) in [5, 5.41) is 5.34. The van der Waals surface area contributed by atoms with Crippen molar-refractivity contribution in [2.45, 2.75) is 19.5 Å². The van der Waals surface area contributed by atoms with Gasteiger partial charge in [0.05, 0.1) is 4.88 Å². The Morgan fingerprint density at radius 3 is 2.41 bits per heavy atom. The Morgan fingerprint density at radius 1 is 0.966 bits per heavy atom. The molecule has 2 heterocycles.